The van der Waals surface area contributed by atoms with Gasteiger partial charge >= 0.3 is 0 Å². The summed E-state index contributed by atoms with van der Waals surface area (Å²) in [4.78, 5) is 20.4. The lowest BCUT2D eigenvalue weighted by Gasteiger charge is -2.30. The number of aromatic nitrogens is 2. The van der Waals surface area contributed by atoms with Crippen molar-refractivity contribution in [1.82, 2.24) is 20.3 Å². The summed E-state index contributed by atoms with van der Waals surface area (Å²) in [6.07, 6.45) is 7.90. The number of para-hydroxylation sites is 1. The number of hydrogen-bond acceptors (Lipinski definition) is 3. The zero-order valence-electron chi connectivity index (χ0n) is 20.6. The molecule has 0 saturated carbocycles. The monoisotopic (exact) mass is 486 g/mol. The summed E-state index contributed by atoms with van der Waals surface area (Å²) in [5.74, 6) is -0.711. The lowest BCUT2D eigenvalue weighted by Crippen LogP contribution is -2.30. The second kappa shape index (κ2) is 10.1. The molecule has 6 nitrogen and oxygen atoms in total. The molecule has 2 heterocycles. The van der Waals surface area contributed by atoms with Crippen molar-refractivity contribution in [1.29, 1.82) is 0 Å². The van der Waals surface area contributed by atoms with E-state index in [1.807, 2.05) is 19.1 Å². The number of rotatable bonds is 8. The molecule has 0 fully saturated rings. The molecule has 7 heteroatoms. The van der Waals surface area contributed by atoms with E-state index in [0.29, 0.717) is 17.8 Å². The molecule has 1 aliphatic carbocycles. The Morgan fingerprint density at radius 1 is 1.25 bits per heavy atom. The molecule has 1 amide bonds. The predicted octanol–water partition coefficient (Wildman–Crippen LogP) is 5.50. The Kier molecular flexibility index (Phi) is 6.76. The maximum atomic E-state index is 14.5. The maximum Gasteiger partial charge on any atom is 0.267 e. The maximum absolute atomic E-state index is 14.5. The van der Waals surface area contributed by atoms with Crippen LogP contribution in [0.5, 0.6) is 0 Å². The van der Waals surface area contributed by atoms with Gasteiger partial charge in [-0.15, -0.1) is 0 Å². The van der Waals surface area contributed by atoms with Crippen molar-refractivity contribution in [3.8, 4) is 0 Å². The molecule has 0 aliphatic heterocycles. The predicted molar refractivity (Wildman–Crippen MR) is 139 cm³/mol. The average Bonchev–Trinajstić information content (AvgIpc) is 3.57. The minimum absolute atomic E-state index is 0.156. The quantitative estimate of drug-likeness (QED) is 0.151. The van der Waals surface area contributed by atoms with Gasteiger partial charge in [0, 0.05) is 59.3 Å². The van der Waals surface area contributed by atoms with E-state index in [2.05, 4.69) is 51.4 Å². The van der Waals surface area contributed by atoms with E-state index in [0.717, 1.165) is 42.6 Å². The van der Waals surface area contributed by atoms with Crippen LogP contribution >= 0.6 is 0 Å². The smallest absolute Gasteiger partial charge is 0.267 e. The Bertz CT molecular complexity index is 1430. The highest BCUT2D eigenvalue weighted by atomic mass is 19.1. The van der Waals surface area contributed by atoms with Gasteiger partial charge < -0.3 is 9.97 Å². The molecule has 2 aromatic carbocycles. The third-order valence-electron chi connectivity index (χ3n) is 7.35. The van der Waals surface area contributed by atoms with E-state index in [1.165, 1.54) is 28.2 Å². The minimum atomic E-state index is -0.555. The number of benzene rings is 2. The first-order valence-corrected chi connectivity index (χ1v) is 12.3. The third kappa shape index (κ3) is 4.72. The van der Waals surface area contributed by atoms with Crippen LogP contribution in [0.1, 0.15) is 51.7 Å². The van der Waals surface area contributed by atoms with E-state index in [9.17, 15) is 9.18 Å². The van der Waals surface area contributed by atoms with Gasteiger partial charge in [-0.2, -0.15) is 0 Å². The number of nitrogens with zero attached hydrogens (tertiary/aromatic N) is 1. The molecular formula is C29H31FN4O2. The van der Waals surface area contributed by atoms with Crippen molar-refractivity contribution in [2.24, 2.45) is 0 Å². The lowest BCUT2D eigenvalue weighted by molar-refractivity contribution is -0.124. The largest absolute Gasteiger partial charge is 0.361 e. The highest BCUT2D eigenvalue weighted by Crippen LogP contribution is 2.38. The molecule has 4 aromatic rings. The number of aryl methyl sites for hydroxylation is 2. The number of H-pyrrole nitrogens is 2. The van der Waals surface area contributed by atoms with Crippen LogP contribution in [0.15, 0.2) is 54.7 Å². The molecule has 36 heavy (non-hydrogen) atoms. The van der Waals surface area contributed by atoms with Crippen LogP contribution < -0.4 is 5.48 Å². The number of halogens is 1. The van der Waals surface area contributed by atoms with Crippen LogP contribution in [0.25, 0.3) is 17.0 Å². The van der Waals surface area contributed by atoms with E-state index in [1.54, 1.807) is 18.5 Å². The van der Waals surface area contributed by atoms with Gasteiger partial charge in [0.15, 0.2) is 0 Å². The van der Waals surface area contributed by atoms with E-state index in [-0.39, 0.29) is 11.9 Å². The number of aromatic amines is 2. The molecule has 0 bridgehead atoms. The van der Waals surface area contributed by atoms with Gasteiger partial charge in [-0.05, 0) is 67.5 Å². The van der Waals surface area contributed by atoms with E-state index < -0.39 is 5.91 Å². The summed E-state index contributed by atoms with van der Waals surface area (Å²) < 4.78 is 14.5. The molecule has 0 spiro atoms. The number of amides is 1. The number of hydroxylamine groups is 1. The topological polar surface area (TPSA) is 84.2 Å². The zero-order chi connectivity index (χ0) is 25.2. The van der Waals surface area contributed by atoms with E-state index in [4.69, 9.17) is 5.21 Å². The summed E-state index contributed by atoms with van der Waals surface area (Å²) >= 11 is 0. The number of nitrogens with one attached hydrogen (secondary N) is 3. The summed E-state index contributed by atoms with van der Waals surface area (Å²) in [6, 6.07) is 14.8. The van der Waals surface area contributed by atoms with Gasteiger partial charge in [0.1, 0.15) is 5.82 Å². The van der Waals surface area contributed by atoms with Crippen molar-refractivity contribution in [2.75, 3.05) is 6.54 Å². The molecule has 1 atom stereocenters. The summed E-state index contributed by atoms with van der Waals surface area (Å²) in [5, 5.41) is 9.96. The van der Waals surface area contributed by atoms with Crippen molar-refractivity contribution in [3.63, 3.8) is 0 Å². The van der Waals surface area contributed by atoms with Crippen molar-refractivity contribution in [2.45, 2.75) is 45.7 Å². The Labute approximate surface area is 209 Å². The number of carbonyl (C=O) groups is 1. The Morgan fingerprint density at radius 2 is 2.08 bits per heavy atom. The average molecular weight is 487 g/mol. The number of fused-ring (bicyclic) bond motifs is 2. The zero-order valence-corrected chi connectivity index (χ0v) is 20.6. The molecule has 1 unspecified atom stereocenters. The highest BCUT2D eigenvalue weighted by Gasteiger charge is 2.29. The number of hydrogen-bond donors (Lipinski definition) is 4. The van der Waals surface area contributed by atoms with Gasteiger partial charge in [0.25, 0.3) is 5.91 Å². The van der Waals surface area contributed by atoms with Crippen LogP contribution in [0.2, 0.25) is 0 Å². The summed E-state index contributed by atoms with van der Waals surface area (Å²) in [6.45, 7) is 5.10. The Balaban J connectivity index is 1.42. The molecule has 186 valence electrons. The van der Waals surface area contributed by atoms with Gasteiger partial charge in [0.05, 0.1) is 0 Å². The summed E-state index contributed by atoms with van der Waals surface area (Å²) in [7, 11) is 0. The SMILES string of the molecule is Cc1[nH]c(CN(CCc2c[nH]c3ccccc23)C2CCc3cc(C=CC(=O)NO)ccc32)c(C)c1F. The van der Waals surface area contributed by atoms with Crippen molar-refractivity contribution >= 4 is 22.9 Å². The Hall–Kier alpha value is -3.68. The fourth-order valence-corrected chi connectivity index (χ4v) is 5.40. The second-order valence-electron chi connectivity index (χ2n) is 9.57. The van der Waals surface area contributed by atoms with Crippen molar-refractivity contribution in [3.05, 3.63) is 99.8 Å². The van der Waals surface area contributed by atoms with Crippen LogP contribution in [0, 0.1) is 19.7 Å². The molecule has 1 aliphatic rings. The summed E-state index contributed by atoms with van der Waals surface area (Å²) in [5.41, 5.74) is 9.67. The molecular weight excluding hydrogens is 455 g/mol. The van der Waals surface area contributed by atoms with E-state index >= 15 is 0 Å². The molecule has 0 radical (unpaired) electrons. The van der Waals surface area contributed by atoms with Gasteiger partial charge in [0.2, 0.25) is 0 Å². The standard InChI is InChI=1S/C29H31FN4O2/c1-18-26(32-19(2)29(18)30)17-34(14-13-22-16-31-25-6-4-3-5-23(22)25)27-11-9-21-15-20(7-10-24(21)27)8-12-28(35)33-36/h3-8,10,12,15-16,27,31-32,36H,9,11,13-14,17H2,1-2H3,(H,33,35). The third-order valence-corrected chi connectivity index (χ3v) is 7.35. The Morgan fingerprint density at radius 3 is 2.86 bits per heavy atom. The van der Waals surface area contributed by atoms with Crippen LogP contribution in [-0.2, 0) is 24.2 Å². The lowest BCUT2D eigenvalue weighted by atomic mass is 10.0. The molecule has 4 N–H and O–H groups in total. The second-order valence-corrected chi connectivity index (χ2v) is 9.57. The van der Waals surface area contributed by atoms with Gasteiger partial charge in [-0.1, -0.05) is 36.4 Å². The molecule has 0 saturated heterocycles. The van der Waals surface area contributed by atoms with Crippen molar-refractivity contribution < 1.29 is 14.4 Å². The van der Waals surface area contributed by atoms with Crippen LogP contribution in [0.4, 0.5) is 4.39 Å². The first-order valence-electron chi connectivity index (χ1n) is 12.3. The normalized spacial score (nSPS) is 15.3. The van der Waals surface area contributed by atoms with Crippen LogP contribution in [-0.4, -0.2) is 32.5 Å². The number of carbonyl (C=O) groups excluding carboxylic acids is 1. The minimum Gasteiger partial charge on any atom is -0.361 e. The van der Waals surface area contributed by atoms with Crippen LogP contribution in [0.3, 0.4) is 0 Å². The fraction of sp³-hybridized carbons (Fsp3) is 0.276. The first-order chi connectivity index (χ1) is 17.4. The first kappa shape index (κ1) is 24.0. The highest BCUT2D eigenvalue weighted by molar-refractivity contribution is 5.90. The molecule has 5 rings (SSSR count). The van der Waals surface area contributed by atoms with Gasteiger partial charge in [-0.3, -0.25) is 14.9 Å². The molecule has 2 aromatic heterocycles. The fourth-order valence-electron chi connectivity index (χ4n) is 5.40. The van der Waals surface area contributed by atoms with Gasteiger partial charge in [-0.25, -0.2) is 9.87 Å².